The Morgan fingerprint density at radius 3 is 2.42 bits per heavy atom. The van der Waals surface area contributed by atoms with Crippen molar-refractivity contribution >= 4 is 34.6 Å². The van der Waals surface area contributed by atoms with Crippen LogP contribution in [0, 0.1) is 6.92 Å². The second-order valence-electron chi connectivity index (χ2n) is 5.83. The van der Waals surface area contributed by atoms with Crippen LogP contribution in [0.4, 0.5) is 0 Å². The van der Waals surface area contributed by atoms with Crippen molar-refractivity contribution in [3.8, 4) is 11.5 Å². The third kappa shape index (κ3) is 5.82. The third-order valence-corrected chi connectivity index (χ3v) is 3.94. The zero-order valence-electron chi connectivity index (χ0n) is 17.5. The standard InChI is InChI=1S/C13H15NO5.C7H7ClN2O2/c1-4-17-8-6-7(3)14-12-9(8)10(15)11(19-12)13(16)18-5-2;1-2-12-7(11)5-3-4-9-10-6(5)8/h6,15H,4-5H2,1-3H3;3-4H,2H2,1H3. The number of aryl methyl sites for hydroxylation is 1. The van der Waals surface area contributed by atoms with Gasteiger partial charge in [0.15, 0.2) is 10.9 Å². The van der Waals surface area contributed by atoms with E-state index in [1.54, 1.807) is 26.8 Å². The van der Waals surface area contributed by atoms with Gasteiger partial charge in [0.2, 0.25) is 5.71 Å². The minimum Gasteiger partial charge on any atom is -0.503 e. The summed E-state index contributed by atoms with van der Waals surface area (Å²) < 4.78 is 20.2. The number of ether oxygens (including phenoxy) is 3. The van der Waals surface area contributed by atoms with E-state index in [1.807, 2.05) is 6.92 Å². The lowest BCUT2D eigenvalue weighted by Gasteiger charge is -2.04. The van der Waals surface area contributed by atoms with Crippen LogP contribution in [0.15, 0.2) is 22.7 Å². The molecule has 10 nitrogen and oxygen atoms in total. The average Bonchev–Trinajstić information content (AvgIpc) is 3.06. The zero-order valence-corrected chi connectivity index (χ0v) is 18.2. The lowest BCUT2D eigenvalue weighted by atomic mass is 10.2. The van der Waals surface area contributed by atoms with E-state index >= 15 is 0 Å². The van der Waals surface area contributed by atoms with Crippen molar-refractivity contribution in [3.63, 3.8) is 0 Å². The Hall–Kier alpha value is -3.40. The largest absolute Gasteiger partial charge is 0.503 e. The summed E-state index contributed by atoms with van der Waals surface area (Å²) in [4.78, 5) is 26.9. The quantitative estimate of drug-likeness (QED) is 0.552. The number of rotatable bonds is 6. The van der Waals surface area contributed by atoms with Crippen LogP contribution in [-0.2, 0) is 9.47 Å². The highest BCUT2D eigenvalue weighted by Gasteiger charge is 2.25. The molecule has 0 spiro atoms. The Balaban J connectivity index is 0.000000245. The smallest absolute Gasteiger partial charge is 0.378 e. The van der Waals surface area contributed by atoms with Gasteiger partial charge in [-0.25, -0.2) is 14.6 Å². The first-order chi connectivity index (χ1) is 14.8. The number of hydrogen-bond donors (Lipinski definition) is 1. The zero-order chi connectivity index (χ0) is 23.0. The molecule has 0 saturated heterocycles. The summed E-state index contributed by atoms with van der Waals surface area (Å²) in [5.74, 6) is -1.32. The van der Waals surface area contributed by atoms with E-state index in [9.17, 15) is 14.7 Å². The molecular formula is C20H22ClN3O7. The Labute approximate surface area is 183 Å². The predicted molar refractivity (Wildman–Crippen MR) is 111 cm³/mol. The van der Waals surface area contributed by atoms with Gasteiger partial charge in [0.25, 0.3) is 5.76 Å². The number of esters is 2. The van der Waals surface area contributed by atoms with E-state index in [0.717, 1.165) is 0 Å². The summed E-state index contributed by atoms with van der Waals surface area (Å²) in [5, 5.41) is 17.4. The fourth-order valence-electron chi connectivity index (χ4n) is 2.45. The normalized spacial score (nSPS) is 10.2. The molecular weight excluding hydrogens is 430 g/mol. The molecule has 0 saturated carbocycles. The lowest BCUT2D eigenvalue weighted by molar-refractivity contribution is 0.0485. The number of aromatic nitrogens is 3. The van der Waals surface area contributed by atoms with Gasteiger partial charge >= 0.3 is 11.9 Å². The van der Waals surface area contributed by atoms with Gasteiger partial charge in [0.05, 0.1) is 26.0 Å². The highest BCUT2D eigenvalue weighted by Crippen LogP contribution is 2.38. The summed E-state index contributed by atoms with van der Waals surface area (Å²) >= 11 is 5.58. The van der Waals surface area contributed by atoms with Crippen LogP contribution >= 0.6 is 11.6 Å². The number of aromatic hydroxyl groups is 1. The van der Waals surface area contributed by atoms with Crippen molar-refractivity contribution in [1.82, 2.24) is 15.2 Å². The fraction of sp³-hybridized carbons (Fsp3) is 0.350. The molecule has 3 aromatic heterocycles. The van der Waals surface area contributed by atoms with Crippen LogP contribution in [0.5, 0.6) is 11.5 Å². The number of carbonyl (C=O) groups excluding carboxylic acids is 2. The molecule has 1 N–H and O–H groups in total. The van der Waals surface area contributed by atoms with Gasteiger partial charge in [-0.2, -0.15) is 5.10 Å². The molecule has 3 rings (SSSR count). The average molecular weight is 452 g/mol. The van der Waals surface area contributed by atoms with Crippen LogP contribution in [0.2, 0.25) is 5.15 Å². The van der Waals surface area contributed by atoms with E-state index in [0.29, 0.717) is 24.7 Å². The first-order valence-corrected chi connectivity index (χ1v) is 9.79. The molecule has 0 atom stereocenters. The van der Waals surface area contributed by atoms with Gasteiger partial charge in [-0.3, -0.25) is 0 Å². The Morgan fingerprint density at radius 1 is 1.13 bits per heavy atom. The lowest BCUT2D eigenvalue weighted by Crippen LogP contribution is -2.06. The number of nitrogens with zero attached hydrogens (tertiary/aromatic N) is 3. The number of furan rings is 1. The monoisotopic (exact) mass is 451 g/mol. The van der Waals surface area contributed by atoms with Gasteiger partial charge in [-0.1, -0.05) is 11.6 Å². The Kier molecular flexibility index (Phi) is 8.56. The van der Waals surface area contributed by atoms with Crippen molar-refractivity contribution in [1.29, 1.82) is 0 Å². The molecule has 0 aliphatic heterocycles. The number of pyridine rings is 1. The molecule has 0 bridgehead atoms. The molecule has 0 amide bonds. The van der Waals surface area contributed by atoms with Gasteiger partial charge in [0, 0.05) is 11.8 Å². The summed E-state index contributed by atoms with van der Waals surface area (Å²) in [7, 11) is 0. The third-order valence-electron chi connectivity index (χ3n) is 3.66. The first kappa shape index (κ1) is 23.9. The maximum Gasteiger partial charge on any atom is 0.378 e. The molecule has 0 aliphatic carbocycles. The van der Waals surface area contributed by atoms with Crippen LogP contribution in [-0.4, -0.2) is 52.0 Å². The molecule has 31 heavy (non-hydrogen) atoms. The van der Waals surface area contributed by atoms with Crippen molar-refractivity contribution < 1.29 is 33.3 Å². The number of halogens is 1. The Morgan fingerprint density at radius 2 is 1.81 bits per heavy atom. The molecule has 0 aromatic carbocycles. The topological polar surface area (TPSA) is 134 Å². The number of hydrogen-bond acceptors (Lipinski definition) is 10. The molecule has 11 heteroatoms. The summed E-state index contributed by atoms with van der Waals surface area (Å²) in [6, 6.07) is 3.14. The molecule has 166 valence electrons. The highest BCUT2D eigenvalue weighted by atomic mass is 35.5. The summed E-state index contributed by atoms with van der Waals surface area (Å²) in [5.41, 5.74) is 1.07. The Bertz CT molecular complexity index is 1070. The highest BCUT2D eigenvalue weighted by molar-refractivity contribution is 6.32. The van der Waals surface area contributed by atoms with Crippen molar-refractivity contribution in [3.05, 3.63) is 40.5 Å². The molecule has 3 heterocycles. The minimum atomic E-state index is -0.724. The van der Waals surface area contributed by atoms with Crippen LogP contribution in [0.1, 0.15) is 47.4 Å². The van der Waals surface area contributed by atoms with Crippen molar-refractivity contribution in [2.75, 3.05) is 19.8 Å². The molecule has 0 aliphatic rings. The maximum atomic E-state index is 11.6. The van der Waals surface area contributed by atoms with Crippen LogP contribution in [0.3, 0.4) is 0 Å². The number of carbonyl (C=O) groups is 2. The van der Waals surface area contributed by atoms with E-state index in [-0.39, 0.29) is 39.9 Å². The van der Waals surface area contributed by atoms with Crippen LogP contribution < -0.4 is 4.74 Å². The van der Waals surface area contributed by atoms with Gasteiger partial charge in [-0.05, 0) is 33.8 Å². The number of fused-ring (bicyclic) bond motifs is 1. The predicted octanol–water partition coefficient (Wildman–Crippen LogP) is 3.72. The first-order valence-electron chi connectivity index (χ1n) is 9.41. The van der Waals surface area contributed by atoms with E-state index in [4.69, 9.17) is 30.2 Å². The SMILES string of the molecule is CCOC(=O)c1ccnnc1Cl.CCOC(=O)c1oc2nc(C)cc(OCC)c2c1O. The molecule has 3 aromatic rings. The van der Waals surface area contributed by atoms with Gasteiger partial charge in [-0.15, -0.1) is 5.10 Å². The second kappa shape index (κ2) is 11.1. The summed E-state index contributed by atoms with van der Waals surface area (Å²) in [6.07, 6.45) is 1.39. The molecule has 0 fully saturated rings. The molecule has 0 unspecified atom stereocenters. The van der Waals surface area contributed by atoms with E-state index in [1.165, 1.54) is 12.3 Å². The summed E-state index contributed by atoms with van der Waals surface area (Å²) in [6.45, 7) is 7.93. The minimum absolute atomic E-state index is 0.0657. The molecule has 0 radical (unpaired) electrons. The van der Waals surface area contributed by atoms with E-state index in [2.05, 4.69) is 15.2 Å². The van der Waals surface area contributed by atoms with Crippen molar-refractivity contribution in [2.45, 2.75) is 27.7 Å². The van der Waals surface area contributed by atoms with Crippen LogP contribution in [0.25, 0.3) is 11.1 Å². The fourth-order valence-corrected chi connectivity index (χ4v) is 2.63. The van der Waals surface area contributed by atoms with Gasteiger partial charge < -0.3 is 23.7 Å². The van der Waals surface area contributed by atoms with Gasteiger partial charge in [0.1, 0.15) is 16.7 Å². The van der Waals surface area contributed by atoms with Crippen molar-refractivity contribution in [2.24, 2.45) is 0 Å². The van der Waals surface area contributed by atoms with E-state index < -0.39 is 11.9 Å². The maximum absolute atomic E-state index is 11.6. The second-order valence-corrected chi connectivity index (χ2v) is 6.19.